The standard InChI is InChI=1S/C19H28N2O6Si2/c1-28(2,3)9-7-12-13(8-10-29(4,5)6)21(19(26)20-17(12)25)18-16(24)15(23)14(11-22)27-18/h14-16,18,22-24H,11H2,1-6H3,(H,20,25,26)/t14-,15-,16-,18-/m1/s1. The smallest absolute Gasteiger partial charge is 0.331 e. The van der Waals surface area contributed by atoms with E-state index < -0.39 is 58.5 Å². The Bertz CT molecular complexity index is 1010. The van der Waals surface area contributed by atoms with E-state index in [0.29, 0.717) is 0 Å². The van der Waals surface area contributed by atoms with E-state index in [9.17, 15) is 24.9 Å². The molecule has 0 unspecified atom stereocenters. The lowest BCUT2D eigenvalue weighted by Crippen LogP contribution is -2.41. The third-order valence-electron chi connectivity index (χ3n) is 4.03. The minimum Gasteiger partial charge on any atom is -0.394 e. The number of aliphatic hydroxyl groups excluding tert-OH is 3. The van der Waals surface area contributed by atoms with Crippen molar-refractivity contribution in [2.45, 2.75) is 63.8 Å². The molecule has 0 bridgehead atoms. The van der Waals surface area contributed by atoms with Crippen LogP contribution in [0.3, 0.4) is 0 Å². The molecule has 1 aliphatic rings. The summed E-state index contributed by atoms with van der Waals surface area (Å²) in [6.07, 6.45) is -5.26. The van der Waals surface area contributed by atoms with Gasteiger partial charge in [-0.25, -0.2) is 4.79 Å². The highest BCUT2D eigenvalue weighted by Gasteiger charge is 2.44. The Morgan fingerprint density at radius 3 is 2.03 bits per heavy atom. The molecule has 2 rings (SSSR count). The summed E-state index contributed by atoms with van der Waals surface area (Å²) in [5, 5.41) is 29.9. The van der Waals surface area contributed by atoms with Crippen molar-refractivity contribution in [1.82, 2.24) is 9.55 Å². The van der Waals surface area contributed by atoms with Crippen LogP contribution in [0, 0.1) is 22.9 Å². The van der Waals surface area contributed by atoms with Crippen LogP contribution in [0.15, 0.2) is 9.59 Å². The Morgan fingerprint density at radius 1 is 1.00 bits per heavy atom. The summed E-state index contributed by atoms with van der Waals surface area (Å²) in [6, 6.07) is 0. The number of aromatic nitrogens is 2. The molecule has 0 saturated carbocycles. The van der Waals surface area contributed by atoms with E-state index in [0.717, 1.165) is 4.57 Å². The topological polar surface area (TPSA) is 125 Å². The lowest BCUT2D eigenvalue weighted by Gasteiger charge is -2.20. The van der Waals surface area contributed by atoms with Gasteiger partial charge < -0.3 is 20.1 Å². The average Bonchev–Trinajstić information content (AvgIpc) is 2.85. The number of aromatic amines is 1. The van der Waals surface area contributed by atoms with Gasteiger partial charge in [-0.3, -0.25) is 14.3 Å². The lowest BCUT2D eigenvalue weighted by atomic mass is 10.1. The summed E-state index contributed by atoms with van der Waals surface area (Å²) in [6.45, 7) is 11.5. The number of aliphatic hydroxyl groups is 3. The van der Waals surface area contributed by atoms with Crippen molar-refractivity contribution in [2.75, 3.05) is 6.61 Å². The predicted octanol–water partition coefficient (Wildman–Crippen LogP) is -0.394. The Morgan fingerprint density at radius 2 is 1.55 bits per heavy atom. The monoisotopic (exact) mass is 436 g/mol. The van der Waals surface area contributed by atoms with Crippen LogP contribution in [0.1, 0.15) is 17.5 Å². The normalized spacial score (nSPS) is 24.4. The first-order chi connectivity index (χ1) is 13.2. The fraction of sp³-hybridized carbons (Fsp3) is 0.579. The lowest BCUT2D eigenvalue weighted by molar-refractivity contribution is -0.0554. The third kappa shape index (κ3) is 5.57. The maximum Gasteiger partial charge on any atom is 0.331 e. The summed E-state index contributed by atoms with van der Waals surface area (Å²) < 4.78 is 6.53. The third-order valence-corrected chi connectivity index (χ3v) is 5.78. The molecule has 1 aromatic rings. The molecule has 1 aliphatic heterocycles. The molecule has 8 nitrogen and oxygen atoms in total. The second-order valence-electron chi connectivity index (χ2n) is 9.08. The zero-order valence-corrected chi connectivity index (χ0v) is 19.5. The molecule has 0 spiro atoms. The molecule has 1 fully saturated rings. The highest BCUT2D eigenvalue weighted by atomic mass is 28.3. The number of H-pyrrole nitrogens is 1. The van der Waals surface area contributed by atoms with Crippen LogP contribution in [-0.4, -0.2) is 65.9 Å². The maximum atomic E-state index is 12.6. The fourth-order valence-corrected chi connectivity index (χ4v) is 3.61. The first-order valence-electron chi connectivity index (χ1n) is 9.33. The van der Waals surface area contributed by atoms with Crippen LogP contribution >= 0.6 is 0 Å². The molecule has 10 heteroatoms. The van der Waals surface area contributed by atoms with Crippen LogP contribution in [0.2, 0.25) is 39.3 Å². The van der Waals surface area contributed by atoms with Gasteiger partial charge in [-0.2, -0.15) is 0 Å². The van der Waals surface area contributed by atoms with Crippen LogP contribution < -0.4 is 11.2 Å². The Balaban J connectivity index is 2.82. The van der Waals surface area contributed by atoms with Crippen molar-refractivity contribution >= 4 is 16.1 Å². The second-order valence-corrected chi connectivity index (χ2v) is 18.6. The van der Waals surface area contributed by atoms with Crippen LogP contribution in [-0.2, 0) is 4.74 Å². The molecule has 1 aromatic heterocycles. The Labute approximate surface area is 171 Å². The highest BCUT2D eigenvalue weighted by Crippen LogP contribution is 2.29. The molecule has 0 amide bonds. The van der Waals surface area contributed by atoms with Gasteiger partial charge in [0.2, 0.25) is 0 Å². The van der Waals surface area contributed by atoms with Gasteiger partial charge in [0.1, 0.15) is 45.7 Å². The SMILES string of the molecule is C[Si](C)(C)C#Cc1c(C#C[Si](C)(C)C)n([C@@H]2O[C@H](CO)[C@@H](O)[C@H]2O)c(=O)[nH]c1=O. The largest absolute Gasteiger partial charge is 0.394 e. The van der Waals surface area contributed by atoms with Gasteiger partial charge in [0.05, 0.1) is 6.61 Å². The van der Waals surface area contributed by atoms with Gasteiger partial charge >= 0.3 is 5.69 Å². The van der Waals surface area contributed by atoms with E-state index in [2.05, 4.69) is 27.9 Å². The number of nitrogens with one attached hydrogen (secondary N) is 1. The highest BCUT2D eigenvalue weighted by molar-refractivity contribution is 6.84. The van der Waals surface area contributed by atoms with Gasteiger partial charge in [-0.1, -0.05) is 51.1 Å². The molecule has 0 aliphatic carbocycles. The van der Waals surface area contributed by atoms with Gasteiger partial charge in [-0.05, 0) is 0 Å². The van der Waals surface area contributed by atoms with E-state index in [-0.39, 0.29) is 11.3 Å². The predicted molar refractivity (Wildman–Crippen MR) is 115 cm³/mol. The molecule has 1 saturated heterocycles. The molecule has 2 heterocycles. The van der Waals surface area contributed by atoms with E-state index in [4.69, 9.17) is 4.74 Å². The number of rotatable bonds is 2. The first-order valence-corrected chi connectivity index (χ1v) is 16.3. The van der Waals surface area contributed by atoms with Gasteiger partial charge in [0.15, 0.2) is 6.23 Å². The van der Waals surface area contributed by atoms with Crippen molar-refractivity contribution < 1.29 is 20.1 Å². The van der Waals surface area contributed by atoms with Crippen molar-refractivity contribution in [1.29, 1.82) is 0 Å². The Kier molecular flexibility index (Phi) is 6.80. The molecule has 0 radical (unpaired) electrons. The molecule has 158 valence electrons. The van der Waals surface area contributed by atoms with E-state index in [1.807, 2.05) is 39.3 Å². The van der Waals surface area contributed by atoms with E-state index in [1.54, 1.807) is 0 Å². The number of hydrogen-bond donors (Lipinski definition) is 4. The second kappa shape index (κ2) is 8.44. The van der Waals surface area contributed by atoms with Gasteiger partial charge in [-0.15, -0.1) is 11.1 Å². The van der Waals surface area contributed by atoms with Gasteiger partial charge in [0.25, 0.3) is 5.56 Å². The number of ether oxygens (including phenoxy) is 1. The molecule has 29 heavy (non-hydrogen) atoms. The summed E-state index contributed by atoms with van der Waals surface area (Å²) in [7, 11) is -3.74. The summed E-state index contributed by atoms with van der Waals surface area (Å²) in [5.74, 6) is 5.79. The minimum absolute atomic E-state index is 0.0236. The molecule has 4 atom stereocenters. The van der Waals surface area contributed by atoms with Crippen LogP contribution in [0.4, 0.5) is 0 Å². The van der Waals surface area contributed by atoms with E-state index >= 15 is 0 Å². The van der Waals surface area contributed by atoms with Crippen molar-refractivity contribution in [3.8, 4) is 22.9 Å². The number of nitrogens with zero attached hydrogens (tertiary/aromatic N) is 1. The number of hydrogen-bond acceptors (Lipinski definition) is 6. The fourth-order valence-electron chi connectivity index (χ4n) is 2.62. The van der Waals surface area contributed by atoms with E-state index in [1.165, 1.54) is 0 Å². The molecule has 0 aromatic carbocycles. The summed E-state index contributed by atoms with van der Waals surface area (Å²) in [4.78, 5) is 27.4. The minimum atomic E-state index is -1.89. The zero-order valence-electron chi connectivity index (χ0n) is 17.5. The zero-order chi connectivity index (χ0) is 22.1. The van der Waals surface area contributed by atoms with Crippen LogP contribution in [0.5, 0.6) is 0 Å². The van der Waals surface area contributed by atoms with Crippen molar-refractivity contribution in [3.63, 3.8) is 0 Å². The van der Waals surface area contributed by atoms with Crippen molar-refractivity contribution in [3.05, 3.63) is 32.1 Å². The average molecular weight is 437 g/mol. The molecular weight excluding hydrogens is 408 g/mol. The summed E-state index contributed by atoms with van der Waals surface area (Å²) in [5.41, 5.74) is 4.79. The van der Waals surface area contributed by atoms with Gasteiger partial charge in [0, 0.05) is 0 Å². The molecule has 4 N–H and O–H groups in total. The quantitative estimate of drug-likeness (QED) is 0.370. The van der Waals surface area contributed by atoms with Crippen molar-refractivity contribution in [2.24, 2.45) is 0 Å². The summed E-state index contributed by atoms with van der Waals surface area (Å²) >= 11 is 0. The first kappa shape index (κ1) is 23.4. The Hall–Kier alpha value is -1.93. The maximum absolute atomic E-state index is 12.6. The molecular formula is C19H28N2O6Si2. The van der Waals surface area contributed by atoms with Crippen LogP contribution in [0.25, 0.3) is 0 Å².